The number of carbonyl (C=O) groups excluding carboxylic acids is 1. The SMILES string of the molecule is CC(=O)N1CC(CCCO)CC(NCC(C)(C)C)C1. The Morgan fingerprint density at radius 1 is 1.37 bits per heavy atom. The minimum absolute atomic E-state index is 0.163. The monoisotopic (exact) mass is 270 g/mol. The lowest BCUT2D eigenvalue weighted by Crippen LogP contribution is -2.52. The molecule has 0 spiro atoms. The number of aliphatic hydroxyl groups is 1. The molecule has 0 aliphatic carbocycles. The summed E-state index contributed by atoms with van der Waals surface area (Å²) in [7, 11) is 0. The van der Waals surface area contributed by atoms with Crippen LogP contribution in [0.3, 0.4) is 0 Å². The first kappa shape index (κ1) is 16.4. The first-order chi connectivity index (χ1) is 8.81. The van der Waals surface area contributed by atoms with Gasteiger partial charge in [-0.1, -0.05) is 20.8 Å². The predicted octanol–water partition coefficient (Wildman–Crippen LogP) is 1.63. The number of carbonyl (C=O) groups is 1. The number of piperidine rings is 1. The summed E-state index contributed by atoms with van der Waals surface area (Å²) in [5, 5.41) is 12.5. The number of likely N-dealkylation sites (tertiary alicyclic amines) is 1. The predicted molar refractivity (Wildman–Crippen MR) is 77.9 cm³/mol. The summed E-state index contributed by atoms with van der Waals surface area (Å²) in [6, 6.07) is 0.389. The standard InChI is InChI=1S/C15H30N2O2/c1-12(19)17-9-13(6-5-7-18)8-14(10-17)16-11-15(2,3)4/h13-14,16,18H,5-11H2,1-4H3. The van der Waals surface area contributed by atoms with Crippen molar-refractivity contribution >= 4 is 5.91 Å². The van der Waals surface area contributed by atoms with Crippen molar-refractivity contribution in [1.29, 1.82) is 0 Å². The van der Waals surface area contributed by atoms with Gasteiger partial charge in [0.15, 0.2) is 0 Å². The third-order valence-electron chi connectivity index (χ3n) is 3.67. The van der Waals surface area contributed by atoms with Crippen LogP contribution in [0.15, 0.2) is 0 Å². The zero-order valence-electron chi connectivity index (χ0n) is 12.9. The smallest absolute Gasteiger partial charge is 0.219 e. The quantitative estimate of drug-likeness (QED) is 0.798. The fourth-order valence-corrected chi connectivity index (χ4v) is 2.65. The van der Waals surface area contributed by atoms with Crippen molar-refractivity contribution in [1.82, 2.24) is 10.2 Å². The van der Waals surface area contributed by atoms with Gasteiger partial charge in [0.05, 0.1) is 0 Å². The van der Waals surface area contributed by atoms with Crippen molar-refractivity contribution in [2.75, 3.05) is 26.2 Å². The number of nitrogens with one attached hydrogen (secondary N) is 1. The van der Waals surface area contributed by atoms with Crippen LogP contribution >= 0.6 is 0 Å². The molecule has 0 bridgehead atoms. The Morgan fingerprint density at radius 3 is 2.58 bits per heavy atom. The lowest BCUT2D eigenvalue weighted by molar-refractivity contribution is -0.131. The van der Waals surface area contributed by atoms with Crippen molar-refractivity contribution < 1.29 is 9.90 Å². The zero-order chi connectivity index (χ0) is 14.5. The first-order valence-corrected chi connectivity index (χ1v) is 7.41. The van der Waals surface area contributed by atoms with E-state index >= 15 is 0 Å². The molecule has 1 rings (SSSR count). The summed E-state index contributed by atoms with van der Waals surface area (Å²) < 4.78 is 0. The van der Waals surface area contributed by atoms with Crippen molar-refractivity contribution in [2.45, 2.75) is 53.0 Å². The number of aliphatic hydroxyl groups excluding tert-OH is 1. The minimum Gasteiger partial charge on any atom is -0.396 e. The molecule has 1 aliphatic rings. The topological polar surface area (TPSA) is 52.6 Å². The zero-order valence-corrected chi connectivity index (χ0v) is 12.9. The van der Waals surface area contributed by atoms with Crippen molar-refractivity contribution in [3.63, 3.8) is 0 Å². The Morgan fingerprint density at radius 2 is 2.05 bits per heavy atom. The van der Waals surface area contributed by atoms with Crippen LogP contribution in [0.1, 0.15) is 47.0 Å². The summed E-state index contributed by atoms with van der Waals surface area (Å²) in [6.07, 6.45) is 2.95. The van der Waals surface area contributed by atoms with Crippen molar-refractivity contribution in [3.8, 4) is 0 Å². The Bertz CT molecular complexity index is 286. The summed E-state index contributed by atoms with van der Waals surface area (Å²) in [6.45, 7) is 11.2. The normalized spacial score (nSPS) is 24.6. The fourth-order valence-electron chi connectivity index (χ4n) is 2.65. The average Bonchev–Trinajstić information content (AvgIpc) is 2.32. The highest BCUT2D eigenvalue weighted by molar-refractivity contribution is 5.73. The van der Waals surface area contributed by atoms with Gasteiger partial charge >= 0.3 is 0 Å². The van der Waals surface area contributed by atoms with E-state index < -0.39 is 0 Å². The molecular weight excluding hydrogens is 240 g/mol. The van der Waals surface area contributed by atoms with E-state index in [0.717, 1.165) is 38.9 Å². The van der Waals surface area contributed by atoms with Gasteiger partial charge in [-0.05, 0) is 30.6 Å². The minimum atomic E-state index is 0.163. The molecule has 0 aromatic heterocycles. The Hall–Kier alpha value is -0.610. The van der Waals surface area contributed by atoms with E-state index in [4.69, 9.17) is 5.11 Å². The molecule has 1 saturated heterocycles. The summed E-state index contributed by atoms with van der Waals surface area (Å²) >= 11 is 0. The van der Waals surface area contributed by atoms with E-state index in [-0.39, 0.29) is 17.9 Å². The van der Waals surface area contributed by atoms with Gasteiger partial charge in [-0.15, -0.1) is 0 Å². The van der Waals surface area contributed by atoms with Crippen LogP contribution in [-0.2, 0) is 4.79 Å². The highest BCUT2D eigenvalue weighted by Crippen LogP contribution is 2.22. The maximum atomic E-state index is 11.6. The van der Waals surface area contributed by atoms with E-state index in [1.54, 1.807) is 6.92 Å². The second kappa shape index (κ2) is 7.25. The molecule has 1 amide bonds. The van der Waals surface area contributed by atoms with Crippen LogP contribution in [0.4, 0.5) is 0 Å². The first-order valence-electron chi connectivity index (χ1n) is 7.41. The molecule has 0 radical (unpaired) electrons. The van der Waals surface area contributed by atoms with Crippen LogP contribution in [0.5, 0.6) is 0 Å². The molecule has 4 heteroatoms. The fraction of sp³-hybridized carbons (Fsp3) is 0.933. The van der Waals surface area contributed by atoms with Crippen LogP contribution in [0.25, 0.3) is 0 Å². The third-order valence-corrected chi connectivity index (χ3v) is 3.67. The molecule has 2 N–H and O–H groups in total. The molecule has 2 unspecified atom stereocenters. The molecule has 0 aromatic carbocycles. The van der Waals surface area contributed by atoms with Crippen molar-refractivity contribution in [3.05, 3.63) is 0 Å². The van der Waals surface area contributed by atoms with Gasteiger partial charge in [0.2, 0.25) is 5.91 Å². The van der Waals surface area contributed by atoms with Crippen LogP contribution in [-0.4, -0.2) is 48.2 Å². The van der Waals surface area contributed by atoms with Gasteiger partial charge in [-0.2, -0.15) is 0 Å². The number of nitrogens with zero attached hydrogens (tertiary/aromatic N) is 1. The van der Waals surface area contributed by atoms with E-state index in [9.17, 15) is 4.79 Å². The molecule has 112 valence electrons. The molecule has 2 atom stereocenters. The second-order valence-electron chi connectivity index (χ2n) is 7.03. The van der Waals surface area contributed by atoms with E-state index in [0.29, 0.717) is 12.0 Å². The van der Waals surface area contributed by atoms with E-state index in [2.05, 4.69) is 26.1 Å². The molecular formula is C15H30N2O2. The lowest BCUT2D eigenvalue weighted by atomic mass is 9.89. The highest BCUT2D eigenvalue weighted by atomic mass is 16.2. The maximum Gasteiger partial charge on any atom is 0.219 e. The molecule has 0 aromatic rings. The van der Waals surface area contributed by atoms with E-state index in [1.807, 2.05) is 4.90 Å². The van der Waals surface area contributed by atoms with Gasteiger partial charge in [0, 0.05) is 39.2 Å². The van der Waals surface area contributed by atoms with Crippen LogP contribution in [0, 0.1) is 11.3 Å². The lowest BCUT2D eigenvalue weighted by Gasteiger charge is -2.39. The van der Waals surface area contributed by atoms with Gasteiger partial charge in [-0.3, -0.25) is 4.79 Å². The third kappa shape index (κ3) is 6.39. The number of hydrogen-bond donors (Lipinski definition) is 2. The second-order valence-corrected chi connectivity index (χ2v) is 7.03. The molecule has 4 nitrogen and oxygen atoms in total. The van der Waals surface area contributed by atoms with Gasteiger partial charge < -0.3 is 15.3 Å². The largest absolute Gasteiger partial charge is 0.396 e. The number of amides is 1. The summed E-state index contributed by atoms with van der Waals surface area (Å²) in [5.74, 6) is 0.679. The van der Waals surface area contributed by atoms with Gasteiger partial charge in [0.25, 0.3) is 0 Å². The van der Waals surface area contributed by atoms with Crippen LogP contribution < -0.4 is 5.32 Å². The van der Waals surface area contributed by atoms with E-state index in [1.165, 1.54) is 0 Å². The average molecular weight is 270 g/mol. The number of rotatable bonds is 5. The molecule has 1 fully saturated rings. The summed E-state index contributed by atoms with van der Waals surface area (Å²) in [4.78, 5) is 13.6. The summed E-state index contributed by atoms with van der Waals surface area (Å²) in [5.41, 5.74) is 0.263. The van der Waals surface area contributed by atoms with Crippen LogP contribution in [0.2, 0.25) is 0 Å². The van der Waals surface area contributed by atoms with Gasteiger partial charge in [-0.25, -0.2) is 0 Å². The maximum absolute atomic E-state index is 11.6. The Kier molecular flexibility index (Phi) is 6.27. The highest BCUT2D eigenvalue weighted by Gasteiger charge is 2.28. The number of hydrogen-bond acceptors (Lipinski definition) is 3. The Labute approximate surface area is 117 Å². The van der Waals surface area contributed by atoms with Crippen molar-refractivity contribution in [2.24, 2.45) is 11.3 Å². The molecule has 1 aliphatic heterocycles. The Balaban J connectivity index is 2.52. The molecule has 19 heavy (non-hydrogen) atoms. The van der Waals surface area contributed by atoms with Gasteiger partial charge in [0.1, 0.15) is 0 Å². The molecule has 1 heterocycles. The molecule has 0 saturated carbocycles.